The van der Waals surface area contributed by atoms with Crippen LogP contribution in [0.3, 0.4) is 0 Å². The lowest BCUT2D eigenvalue weighted by atomic mass is 10.2. The first kappa shape index (κ1) is 22.8. The molecule has 33 heavy (non-hydrogen) atoms. The second-order valence-corrected chi connectivity index (χ2v) is 9.02. The van der Waals surface area contributed by atoms with Crippen molar-refractivity contribution >= 4 is 45.8 Å². The lowest BCUT2D eigenvalue weighted by Crippen LogP contribution is -2.35. The molecule has 0 spiro atoms. The maximum Gasteiger partial charge on any atom is 0.296 e. The van der Waals surface area contributed by atoms with Crippen molar-refractivity contribution in [2.24, 2.45) is 4.99 Å². The van der Waals surface area contributed by atoms with Gasteiger partial charge in [0, 0.05) is 12.5 Å². The van der Waals surface area contributed by atoms with Crippen LogP contribution in [0.4, 0.5) is 17.1 Å². The van der Waals surface area contributed by atoms with Crippen molar-refractivity contribution in [1.29, 1.82) is 0 Å². The molecule has 1 unspecified atom stereocenters. The van der Waals surface area contributed by atoms with E-state index >= 15 is 0 Å². The van der Waals surface area contributed by atoms with Gasteiger partial charge in [-0.25, -0.2) is 4.99 Å². The van der Waals surface area contributed by atoms with E-state index < -0.39 is 16.1 Å². The van der Waals surface area contributed by atoms with Crippen LogP contribution in [0.25, 0.3) is 0 Å². The molecule has 9 nitrogen and oxygen atoms in total. The van der Waals surface area contributed by atoms with Gasteiger partial charge in [-0.05, 0) is 49.1 Å². The predicted molar refractivity (Wildman–Crippen MR) is 127 cm³/mol. The largest absolute Gasteiger partial charge is 0.496 e. The minimum atomic E-state index is -0.628. The van der Waals surface area contributed by atoms with Crippen molar-refractivity contribution in [3.63, 3.8) is 0 Å². The number of benzene rings is 2. The average molecular weight is 469 g/mol. The highest BCUT2D eigenvalue weighted by molar-refractivity contribution is 8.15. The summed E-state index contributed by atoms with van der Waals surface area (Å²) in [7, 11) is 1.41. The molecule has 2 aliphatic rings. The summed E-state index contributed by atoms with van der Waals surface area (Å²) in [6.07, 6.45) is 2.65. The molecule has 1 heterocycles. The molecule has 2 amide bonds. The maximum atomic E-state index is 13.1. The molecule has 4 rings (SSSR count). The minimum absolute atomic E-state index is 0.0604. The molecule has 0 bridgehead atoms. The van der Waals surface area contributed by atoms with Crippen molar-refractivity contribution in [1.82, 2.24) is 4.90 Å². The predicted octanol–water partition coefficient (Wildman–Crippen LogP) is 4.29. The van der Waals surface area contributed by atoms with E-state index in [1.54, 1.807) is 4.90 Å². The zero-order valence-electron chi connectivity index (χ0n) is 18.3. The molecule has 172 valence electrons. The number of nitro benzene ring substituents is 1. The second-order valence-electron chi connectivity index (χ2n) is 7.85. The molecule has 1 saturated carbocycles. The van der Waals surface area contributed by atoms with E-state index in [-0.39, 0.29) is 29.7 Å². The van der Waals surface area contributed by atoms with Gasteiger partial charge in [0.15, 0.2) is 5.17 Å². The van der Waals surface area contributed by atoms with Gasteiger partial charge in [0.05, 0.1) is 23.8 Å². The van der Waals surface area contributed by atoms with Crippen LogP contribution >= 0.6 is 11.8 Å². The maximum absolute atomic E-state index is 13.1. The molecule has 1 N–H and O–H groups in total. The topological polar surface area (TPSA) is 114 Å². The number of aliphatic imine (C=N–C) groups is 1. The first-order valence-corrected chi connectivity index (χ1v) is 11.6. The molecule has 2 aromatic rings. The number of thioether (sulfide) groups is 1. The Bertz CT molecular complexity index is 1110. The van der Waals surface area contributed by atoms with Crippen molar-refractivity contribution in [2.45, 2.75) is 43.9 Å². The molecular formula is C23H24N4O5S. The van der Waals surface area contributed by atoms with Gasteiger partial charge >= 0.3 is 0 Å². The number of nitro groups is 1. The lowest BCUT2D eigenvalue weighted by Gasteiger charge is -2.15. The summed E-state index contributed by atoms with van der Waals surface area (Å²) < 4.78 is 5.02. The minimum Gasteiger partial charge on any atom is -0.496 e. The zero-order chi connectivity index (χ0) is 23.5. The fraction of sp³-hybridized carbons (Fsp3) is 0.348. The highest BCUT2D eigenvalue weighted by Crippen LogP contribution is 2.39. The summed E-state index contributed by atoms with van der Waals surface area (Å²) >= 11 is 1.27. The number of amides is 2. The summed E-state index contributed by atoms with van der Waals surface area (Å²) in [5.74, 6) is -0.307. The number of carbonyl (C=O) groups excluding carboxylic acids is 2. The van der Waals surface area contributed by atoms with Crippen molar-refractivity contribution in [3.8, 4) is 5.75 Å². The van der Waals surface area contributed by atoms with Crippen molar-refractivity contribution in [2.75, 3.05) is 12.4 Å². The molecule has 0 aromatic heterocycles. The number of hydrogen-bond acceptors (Lipinski definition) is 7. The molecule has 2 aromatic carbocycles. The van der Waals surface area contributed by atoms with Crippen molar-refractivity contribution in [3.05, 3.63) is 58.1 Å². The fourth-order valence-electron chi connectivity index (χ4n) is 3.54. The van der Waals surface area contributed by atoms with Gasteiger partial charge in [0.1, 0.15) is 16.7 Å². The van der Waals surface area contributed by atoms with Crippen LogP contribution in [0.5, 0.6) is 5.75 Å². The number of hydrogen-bond donors (Lipinski definition) is 1. The number of aryl methyl sites for hydroxylation is 1. The highest BCUT2D eigenvalue weighted by atomic mass is 32.2. The van der Waals surface area contributed by atoms with Gasteiger partial charge in [-0.2, -0.15) is 0 Å². The number of nitrogens with one attached hydrogen (secondary N) is 1. The normalized spacial score (nSPS) is 19.1. The number of ether oxygens (including phenoxy) is 1. The summed E-state index contributed by atoms with van der Waals surface area (Å²) in [4.78, 5) is 42.9. The number of rotatable bonds is 8. The van der Waals surface area contributed by atoms with E-state index in [9.17, 15) is 19.7 Å². The Labute approximate surface area is 195 Å². The van der Waals surface area contributed by atoms with Gasteiger partial charge in [-0.3, -0.25) is 24.6 Å². The Balaban J connectivity index is 1.49. The van der Waals surface area contributed by atoms with E-state index in [1.807, 2.05) is 24.3 Å². The Morgan fingerprint density at radius 2 is 2.00 bits per heavy atom. The summed E-state index contributed by atoms with van der Waals surface area (Å²) in [6.45, 7) is 2.08. The van der Waals surface area contributed by atoms with Crippen molar-refractivity contribution < 1.29 is 19.2 Å². The number of methoxy groups -OCH3 is 1. The monoisotopic (exact) mass is 468 g/mol. The third kappa shape index (κ3) is 5.16. The van der Waals surface area contributed by atoms with Crippen LogP contribution < -0.4 is 10.1 Å². The van der Waals surface area contributed by atoms with Gasteiger partial charge in [-0.15, -0.1) is 0 Å². The van der Waals surface area contributed by atoms with Crippen LogP contribution in [0.1, 0.15) is 31.7 Å². The van der Waals surface area contributed by atoms with Crippen LogP contribution in [0, 0.1) is 10.1 Å². The van der Waals surface area contributed by atoms with E-state index in [2.05, 4.69) is 17.2 Å². The smallest absolute Gasteiger partial charge is 0.296 e. The lowest BCUT2D eigenvalue weighted by molar-refractivity contribution is -0.384. The molecule has 10 heteroatoms. The quantitative estimate of drug-likeness (QED) is 0.457. The number of amidine groups is 1. The van der Waals surface area contributed by atoms with Gasteiger partial charge < -0.3 is 10.1 Å². The molecule has 1 saturated heterocycles. The molecule has 1 atom stereocenters. The number of carbonyl (C=O) groups is 2. The zero-order valence-corrected chi connectivity index (χ0v) is 19.1. The molecular weight excluding hydrogens is 444 g/mol. The Hall–Kier alpha value is -3.40. The molecule has 1 aliphatic carbocycles. The van der Waals surface area contributed by atoms with E-state index in [1.165, 1.54) is 42.6 Å². The van der Waals surface area contributed by atoms with Gasteiger partial charge in [-0.1, -0.05) is 30.8 Å². The molecule has 2 fully saturated rings. The SMILES string of the molecule is CCc1ccc(N=C2SC(CC(=O)Nc3ccc(OC)cc3[N+](=O)[O-])C(=O)N2C2CC2)cc1. The standard InChI is InChI=1S/C23H24N4O5S/c1-3-14-4-6-15(7-5-14)24-23-26(16-8-9-16)22(29)20(33-23)13-21(28)25-18-11-10-17(32-2)12-19(18)27(30)31/h4-7,10-12,16,20H,3,8-9,13H2,1-2H3,(H,25,28). The molecule has 1 aliphatic heterocycles. The summed E-state index contributed by atoms with van der Waals surface area (Å²) in [5.41, 5.74) is 1.75. The highest BCUT2D eigenvalue weighted by Gasteiger charge is 2.46. The van der Waals surface area contributed by atoms with Gasteiger partial charge in [0.2, 0.25) is 11.8 Å². The van der Waals surface area contributed by atoms with E-state index in [0.717, 1.165) is 24.9 Å². The Morgan fingerprint density at radius 3 is 2.61 bits per heavy atom. The number of anilines is 1. The van der Waals surface area contributed by atoms with Crippen LogP contribution in [-0.4, -0.2) is 45.2 Å². The molecule has 0 radical (unpaired) electrons. The Morgan fingerprint density at radius 1 is 1.27 bits per heavy atom. The summed E-state index contributed by atoms with van der Waals surface area (Å²) in [5, 5.41) is 13.9. The second kappa shape index (κ2) is 9.62. The average Bonchev–Trinajstić information content (AvgIpc) is 3.59. The van der Waals surface area contributed by atoms with Crippen LogP contribution in [-0.2, 0) is 16.0 Å². The summed E-state index contributed by atoms with van der Waals surface area (Å²) in [6, 6.07) is 12.2. The first-order valence-electron chi connectivity index (χ1n) is 10.7. The first-order chi connectivity index (χ1) is 15.9. The Kier molecular flexibility index (Phi) is 6.64. The van der Waals surface area contributed by atoms with Gasteiger partial charge in [0.25, 0.3) is 5.69 Å². The third-order valence-electron chi connectivity index (χ3n) is 5.49. The van der Waals surface area contributed by atoms with E-state index in [4.69, 9.17) is 4.74 Å². The fourth-order valence-corrected chi connectivity index (χ4v) is 4.76. The number of nitrogens with zero attached hydrogens (tertiary/aromatic N) is 3. The van der Waals surface area contributed by atoms with E-state index in [0.29, 0.717) is 10.9 Å². The van der Waals surface area contributed by atoms with Crippen LogP contribution in [0.15, 0.2) is 47.5 Å². The van der Waals surface area contributed by atoms with Crippen LogP contribution in [0.2, 0.25) is 0 Å². The third-order valence-corrected chi connectivity index (χ3v) is 6.65.